The van der Waals surface area contributed by atoms with Gasteiger partial charge in [0.2, 0.25) is 26.0 Å². The molecule has 0 atom stereocenters. The highest BCUT2D eigenvalue weighted by molar-refractivity contribution is 7.89. The minimum atomic E-state index is -4.33. The molecule has 5 aromatic carbocycles. The maximum atomic E-state index is 14.6. The SMILES string of the molecule is NS(=O)(=O)c1cc(NC(=O)C(F)(F)c2ccccc2Cl)ccc1Oc1cccc(Cl)c1.NS(=O)(=O)c1cc(NC(=O)Cc2cccnc2Cl)ccc1Oc1cccc(Cl)c1. The molecule has 0 saturated carbocycles. The molecule has 13 nitrogen and oxygen atoms in total. The Balaban J connectivity index is 0.000000228. The van der Waals surface area contributed by atoms with Gasteiger partial charge in [-0.3, -0.25) is 9.59 Å². The van der Waals surface area contributed by atoms with Crippen LogP contribution in [0.15, 0.2) is 137 Å². The van der Waals surface area contributed by atoms with E-state index in [1.165, 1.54) is 72.9 Å². The van der Waals surface area contributed by atoms with Crippen LogP contribution in [0.5, 0.6) is 23.0 Å². The summed E-state index contributed by atoms with van der Waals surface area (Å²) in [5.74, 6) is -5.70. The number of hydrogen-bond donors (Lipinski definition) is 4. The van der Waals surface area contributed by atoms with E-state index in [1.807, 2.05) is 5.32 Å². The number of halogens is 6. The van der Waals surface area contributed by atoms with Gasteiger partial charge < -0.3 is 20.1 Å². The van der Waals surface area contributed by atoms with E-state index in [9.17, 15) is 35.2 Å². The molecular weight excluding hydrogens is 910 g/mol. The van der Waals surface area contributed by atoms with E-state index in [0.717, 1.165) is 12.1 Å². The van der Waals surface area contributed by atoms with Gasteiger partial charge in [-0.2, -0.15) is 8.78 Å². The number of amides is 2. The molecule has 0 bridgehead atoms. The van der Waals surface area contributed by atoms with Crippen molar-refractivity contribution in [2.45, 2.75) is 22.1 Å². The summed E-state index contributed by atoms with van der Waals surface area (Å²) in [5.41, 5.74) is -0.155. The number of hydrogen-bond acceptors (Lipinski definition) is 9. The molecule has 0 aliphatic heterocycles. The fourth-order valence-corrected chi connectivity index (χ4v) is 7.24. The van der Waals surface area contributed by atoms with E-state index in [-0.39, 0.29) is 50.1 Å². The number of aromatic nitrogens is 1. The molecule has 6 N–H and O–H groups in total. The van der Waals surface area contributed by atoms with Crippen LogP contribution < -0.4 is 30.4 Å². The molecule has 0 radical (unpaired) electrons. The predicted octanol–water partition coefficient (Wildman–Crippen LogP) is 9.17. The van der Waals surface area contributed by atoms with Gasteiger partial charge in [0.05, 0.1) is 11.4 Å². The summed E-state index contributed by atoms with van der Waals surface area (Å²) in [5, 5.41) is 15.8. The lowest BCUT2D eigenvalue weighted by Crippen LogP contribution is -2.32. The first-order valence-corrected chi connectivity index (χ1v) is 21.3. The van der Waals surface area contributed by atoms with Gasteiger partial charge in [-0.25, -0.2) is 32.1 Å². The predicted molar refractivity (Wildman–Crippen MR) is 224 cm³/mol. The lowest BCUT2D eigenvalue weighted by Gasteiger charge is -2.18. The minimum Gasteiger partial charge on any atom is -0.456 e. The summed E-state index contributed by atoms with van der Waals surface area (Å²) < 4.78 is 88.3. The molecule has 0 aliphatic carbocycles. The largest absolute Gasteiger partial charge is 0.456 e. The van der Waals surface area contributed by atoms with Gasteiger partial charge in [0.1, 0.15) is 37.9 Å². The fraction of sp³-hybridized carbons (Fsp3) is 0.0513. The number of ether oxygens (including phenoxy) is 2. The van der Waals surface area contributed by atoms with Crippen LogP contribution in [0.25, 0.3) is 0 Å². The summed E-state index contributed by atoms with van der Waals surface area (Å²) in [6.07, 6.45) is 1.49. The number of rotatable bonds is 12. The van der Waals surface area contributed by atoms with Gasteiger partial charge in [-0.15, -0.1) is 0 Å². The van der Waals surface area contributed by atoms with Crippen LogP contribution in [-0.4, -0.2) is 33.6 Å². The Hall–Kier alpha value is -5.37. The summed E-state index contributed by atoms with van der Waals surface area (Å²) >= 11 is 23.5. The molecule has 0 aliphatic rings. The van der Waals surface area contributed by atoms with Gasteiger partial charge in [-0.1, -0.05) is 82.8 Å². The summed E-state index contributed by atoms with van der Waals surface area (Å²) in [7, 11) is -8.46. The Labute approximate surface area is 362 Å². The van der Waals surface area contributed by atoms with E-state index >= 15 is 0 Å². The van der Waals surface area contributed by atoms with E-state index < -0.39 is 48.2 Å². The molecule has 6 rings (SSSR count). The number of carbonyl (C=O) groups excluding carboxylic acids is 2. The molecule has 312 valence electrons. The van der Waals surface area contributed by atoms with Crippen molar-refractivity contribution in [1.82, 2.24) is 4.98 Å². The van der Waals surface area contributed by atoms with Crippen molar-refractivity contribution in [3.05, 3.63) is 159 Å². The molecule has 21 heteroatoms. The monoisotopic (exact) mass is 937 g/mol. The average molecular weight is 940 g/mol. The first-order chi connectivity index (χ1) is 28.2. The number of pyridine rings is 1. The third-order valence-electron chi connectivity index (χ3n) is 7.77. The van der Waals surface area contributed by atoms with E-state index in [2.05, 4.69) is 10.3 Å². The second-order valence-corrected chi connectivity index (χ2v) is 16.9. The number of nitrogens with zero attached hydrogens (tertiary/aromatic N) is 1. The maximum Gasteiger partial charge on any atom is 0.351 e. The number of anilines is 2. The van der Waals surface area contributed by atoms with E-state index in [0.29, 0.717) is 21.4 Å². The van der Waals surface area contributed by atoms with Crippen LogP contribution in [0, 0.1) is 0 Å². The smallest absolute Gasteiger partial charge is 0.351 e. The van der Waals surface area contributed by atoms with Crippen LogP contribution in [-0.2, 0) is 42.0 Å². The minimum absolute atomic E-state index is 0.00284. The molecular formula is C39H29Cl4F2N5O8S2. The molecule has 60 heavy (non-hydrogen) atoms. The second kappa shape index (κ2) is 19.3. The number of sulfonamides is 2. The molecule has 0 spiro atoms. The van der Waals surface area contributed by atoms with Crippen molar-refractivity contribution < 1.29 is 44.7 Å². The van der Waals surface area contributed by atoms with Gasteiger partial charge in [0.15, 0.2) is 0 Å². The highest BCUT2D eigenvalue weighted by Crippen LogP contribution is 2.37. The van der Waals surface area contributed by atoms with Gasteiger partial charge in [0.25, 0.3) is 5.91 Å². The van der Waals surface area contributed by atoms with Crippen LogP contribution in [0.4, 0.5) is 20.2 Å². The zero-order valence-corrected chi connectivity index (χ0v) is 34.9. The second-order valence-electron chi connectivity index (χ2n) is 12.2. The summed E-state index contributed by atoms with van der Waals surface area (Å²) in [6, 6.07) is 28.3. The van der Waals surface area contributed by atoms with Crippen molar-refractivity contribution in [1.29, 1.82) is 0 Å². The van der Waals surface area contributed by atoms with E-state index in [1.54, 1.807) is 42.5 Å². The van der Waals surface area contributed by atoms with Crippen LogP contribution >= 0.6 is 46.4 Å². The van der Waals surface area contributed by atoms with Gasteiger partial charge in [-0.05, 0) is 90.5 Å². The van der Waals surface area contributed by atoms with Gasteiger partial charge >= 0.3 is 5.92 Å². The molecule has 1 aromatic heterocycles. The topological polar surface area (TPSA) is 210 Å². The van der Waals surface area contributed by atoms with Crippen LogP contribution in [0.2, 0.25) is 20.2 Å². The van der Waals surface area contributed by atoms with Crippen molar-refractivity contribution in [3.63, 3.8) is 0 Å². The van der Waals surface area contributed by atoms with E-state index in [4.69, 9.17) is 66.2 Å². The Bertz CT molecular complexity index is 2800. The number of nitrogens with one attached hydrogen (secondary N) is 2. The number of alkyl halides is 2. The molecule has 0 saturated heterocycles. The van der Waals surface area contributed by atoms with Crippen LogP contribution in [0.1, 0.15) is 11.1 Å². The lowest BCUT2D eigenvalue weighted by molar-refractivity contribution is -0.140. The number of benzene rings is 5. The molecule has 6 aromatic rings. The Morgan fingerprint density at radius 2 is 1.17 bits per heavy atom. The molecule has 0 unspecified atom stereocenters. The highest BCUT2D eigenvalue weighted by Gasteiger charge is 2.42. The lowest BCUT2D eigenvalue weighted by atomic mass is 10.1. The molecule has 1 heterocycles. The van der Waals surface area contributed by atoms with Crippen molar-refractivity contribution >= 4 is 89.6 Å². The highest BCUT2D eigenvalue weighted by atomic mass is 35.5. The third-order valence-corrected chi connectivity index (χ3v) is 10.8. The Morgan fingerprint density at radius 3 is 1.65 bits per heavy atom. The summed E-state index contributed by atoms with van der Waals surface area (Å²) in [6.45, 7) is 0. The average Bonchev–Trinajstić information content (AvgIpc) is 3.16. The van der Waals surface area contributed by atoms with Crippen molar-refractivity contribution in [2.75, 3.05) is 10.6 Å². The standard InChI is InChI=1S/C20H14Cl2F2N2O4S.C19H15Cl2N3O4S/c21-12-4-3-5-14(10-12)30-17-9-8-13(11-18(17)31(25,28)29)26-19(27)20(23,24)15-6-1-2-7-16(15)22;20-13-4-1-5-15(10-13)28-16-7-6-14(11-17(16)29(22,26)27)24-18(25)9-12-3-2-8-23-19(12)21/h1-11H,(H,26,27)(H2,25,28,29);1-8,10-11H,9H2,(H,24,25)(H2,22,26,27). The van der Waals surface area contributed by atoms with Crippen LogP contribution in [0.3, 0.4) is 0 Å². The maximum absolute atomic E-state index is 14.6. The Morgan fingerprint density at radius 1 is 0.650 bits per heavy atom. The summed E-state index contributed by atoms with van der Waals surface area (Å²) in [4.78, 5) is 27.6. The number of primary sulfonamides is 2. The van der Waals surface area contributed by atoms with Crippen molar-refractivity contribution in [2.24, 2.45) is 10.3 Å². The molecule has 0 fully saturated rings. The fourth-order valence-electron chi connectivity index (χ4n) is 5.08. The zero-order valence-electron chi connectivity index (χ0n) is 30.3. The number of nitrogens with two attached hydrogens (primary N) is 2. The van der Waals surface area contributed by atoms with Gasteiger partial charge in [0, 0.05) is 33.2 Å². The first-order valence-electron chi connectivity index (χ1n) is 16.7. The number of carbonyl (C=O) groups is 2. The third kappa shape index (κ3) is 12.3. The molecule has 2 amide bonds. The normalized spacial score (nSPS) is 11.5. The first kappa shape index (κ1) is 45.7. The zero-order chi connectivity index (χ0) is 43.8. The van der Waals surface area contributed by atoms with Crippen molar-refractivity contribution in [3.8, 4) is 23.0 Å². The Kier molecular flexibility index (Phi) is 14.7. The quantitative estimate of drug-likeness (QED) is 0.0861.